The minimum atomic E-state index is -0.250. The van der Waals surface area contributed by atoms with Gasteiger partial charge in [0, 0.05) is 45.2 Å². The van der Waals surface area contributed by atoms with E-state index < -0.39 is 0 Å². The maximum Gasteiger partial charge on any atom is 0.290 e. The van der Waals surface area contributed by atoms with Crippen LogP contribution in [0.2, 0.25) is 0 Å². The van der Waals surface area contributed by atoms with Crippen LogP contribution in [-0.4, -0.2) is 98.3 Å². The van der Waals surface area contributed by atoms with Crippen molar-refractivity contribution in [2.45, 2.75) is 12.5 Å². The summed E-state index contributed by atoms with van der Waals surface area (Å²) in [5.41, 5.74) is 0. The van der Waals surface area contributed by atoms with Gasteiger partial charge in [0.2, 0.25) is 5.91 Å². The Morgan fingerprint density at radius 1 is 1.22 bits per heavy atom. The van der Waals surface area contributed by atoms with Crippen molar-refractivity contribution in [2.24, 2.45) is 0 Å². The van der Waals surface area contributed by atoms with Crippen LogP contribution in [0.15, 0.2) is 24.3 Å². The molecular weight excluding hydrogens is 350 g/mol. The number of hydrogen-bond acceptors (Lipinski definition) is 6. The van der Waals surface area contributed by atoms with Gasteiger partial charge in [-0.2, -0.15) is 0 Å². The molecule has 0 atom stereocenters. The topological polar surface area (TPSA) is 82.6 Å². The SMILES string of the molecule is COc1cccc(OC2CN(C(=O)CCN3CCN(C)CC3)C2)c1.O=CO. The molecule has 150 valence electrons. The molecule has 2 aliphatic heterocycles. The van der Waals surface area contributed by atoms with Crippen LogP contribution < -0.4 is 9.47 Å². The Morgan fingerprint density at radius 2 is 1.85 bits per heavy atom. The van der Waals surface area contributed by atoms with Crippen molar-refractivity contribution in [1.82, 2.24) is 14.7 Å². The number of likely N-dealkylation sites (tertiary alicyclic amines) is 1. The van der Waals surface area contributed by atoms with Gasteiger partial charge in [-0.15, -0.1) is 0 Å². The number of nitrogens with zero attached hydrogens (tertiary/aromatic N) is 3. The van der Waals surface area contributed by atoms with Crippen molar-refractivity contribution in [2.75, 3.05) is 60.0 Å². The lowest BCUT2D eigenvalue weighted by molar-refractivity contribution is -0.140. The Bertz CT molecular complexity index is 599. The number of piperazine rings is 1. The van der Waals surface area contributed by atoms with Gasteiger partial charge < -0.3 is 29.3 Å². The van der Waals surface area contributed by atoms with E-state index in [-0.39, 0.29) is 18.5 Å². The van der Waals surface area contributed by atoms with Gasteiger partial charge in [0.1, 0.15) is 17.6 Å². The normalized spacial score (nSPS) is 18.1. The zero-order valence-corrected chi connectivity index (χ0v) is 16.0. The Labute approximate surface area is 160 Å². The number of carbonyl (C=O) groups excluding carboxylic acids is 1. The number of likely N-dealkylation sites (N-methyl/N-ethyl adjacent to an activating group) is 1. The summed E-state index contributed by atoms with van der Waals surface area (Å²) < 4.78 is 11.1. The molecule has 8 nitrogen and oxygen atoms in total. The molecule has 2 aliphatic rings. The highest BCUT2D eigenvalue weighted by atomic mass is 16.5. The smallest absolute Gasteiger partial charge is 0.290 e. The van der Waals surface area contributed by atoms with Gasteiger partial charge in [-0.3, -0.25) is 9.59 Å². The second-order valence-electron chi connectivity index (χ2n) is 6.72. The highest BCUT2D eigenvalue weighted by Gasteiger charge is 2.32. The average Bonchev–Trinajstić information content (AvgIpc) is 2.64. The summed E-state index contributed by atoms with van der Waals surface area (Å²) in [6.07, 6.45) is 0.694. The number of rotatable bonds is 6. The Kier molecular flexibility index (Phi) is 8.35. The summed E-state index contributed by atoms with van der Waals surface area (Å²) in [5.74, 6) is 1.82. The minimum Gasteiger partial charge on any atom is -0.497 e. The van der Waals surface area contributed by atoms with Crippen LogP contribution in [0.4, 0.5) is 0 Å². The van der Waals surface area contributed by atoms with Crippen LogP contribution in [0, 0.1) is 0 Å². The van der Waals surface area contributed by atoms with Gasteiger partial charge in [-0.05, 0) is 19.2 Å². The monoisotopic (exact) mass is 379 g/mol. The van der Waals surface area contributed by atoms with E-state index in [0.717, 1.165) is 44.2 Å². The third-order valence-electron chi connectivity index (χ3n) is 4.78. The number of methoxy groups -OCH3 is 1. The van der Waals surface area contributed by atoms with Gasteiger partial charge in [0.25, 0.3) is 6.47 Å². The Balaban J connectivity index is 0.000000817. The molecule has 1 aromatic rings. The van der Waals surface area contributed by atoms with E-state index in [2.05, 4.69) is 16.8 Å². The highest BCUT2D eigenvalue weighted by molar-refractivity contribution is 5.77. The fourth-order valence-electron chi connectivity index (χ4n) is 3.07. The molecule has 0 aliphatic carbocycles. The fraction of sp³-hybridized carbons (Fsp3) is 0.579. The number of benzene rings is 1. The highest BCUT2D eigenvalue weighted by Crippen LogP contribution is 2.23. The molecule has 0 saturated carbocycles. The summed E-state index contributed by atoms with van der Waals surface area (Å²) in [6.45, 7) is 6.28. The first-order valence-corrected chi connectivity index (χ1v) is 9.13. The van der Waals surface area contributed by atoms with Gasteiger partial charge in [-0.25, -0.2) is 0 Å². The second-order valence-corrected chi connectivity index (χ2v) is 6.72. The molecule has 2 heterocycles. The first-order chi connectivity index (χ1) is 13.0. The summed E-state index contributed by atoms with van der Waals surface area (Å²) in [5, 5.41) is 6.89. The minimum absolute atomic E-state index is 0.0877. The molecular formula is C19H29N3O5. The van der Waals surface area contributed by atoms with E-state index in [9.17, 15) is 4.79 Å². The van der Waals surface area contributed by atoms with Crippen molar-refractivity contribution >= 4 is 12.4 Å². The standard InChI is InChI=1S/C18H27N3O3.CH2O2/c1-19-8-10-20(11-9-19)7-6-18(22)21-13-17(14-21)24-16-5-3-4-15(12-16)23-2;2-1-3/h3-5,12,17H,6-11,13-14H2,1-2H3;1H,(H,2,3). The number of hydrogen-bond donors (Lipinski definition) is 1. The molecule has 27 heavy (non-hydrogen) atoms. The van der Waals surface area contributed by atoms with E-state index in [0.29, 0.717) is 19.5 Å². The molecule has 3 rings (SSSR count). The third-order valence-corrected chi connectivity index (χ3v) is 4.78. The van der Waals surface area contributed by atoms with Crippen molar-refractivity contribution in [3.63, 3.8) is 0 Å². The molecule has 0 spiro atoms. The van der Waals surface area contributed by atoms with Crippen molar-refractivity contribution in [3.05, 3.63) is 24.3 Å². The number of ether oxygens (including phenoxy) is 2. The maximum atomic E-state index is 12.2. The van der Waals surface area contributed by atoms with E-state index in [1.807, 2.05) is 29.2 Å². The molecule has 0 bridgehead atoms. The zero-order valence-electron chi connectivity index (χ0n) is 16.0. The van der Waals surface area contributed by atoms with Crippen LogP contribution in [-0.2, 0) is 9.59 Å². The molecule has 2 saturated heterocycles. The molecule has 0 unspecified atom stereocenters. The second kappa shape index (κ2) is 10.7. The van der Waals surface area contributed by atoms with Crippen molar-refractivity contribution < 1.29 is 24.2 Å². The van der Waals surface area contributed by atoms with Crippen LogP contribution in [0.25, 0.3) is 0 Å². The number of amides is 1. The van der Waals surface area contributed by atoms with Crippen LogP contribution in [0.5, 0.6) is 11.5 Å². The number of carboxylic acid groups (broad SMARTS) is 1. The predicted molar refractivity (Wildman–Crippen MR) is 101 cm³/mol. The van der Waals surface area contributed by atoms with Gasteiger partial charge >= 0.3 is 0 Å². The van der Waals surface area contributed by atoms with Gasteiger partial charge in [0.05, 0.1) is 20.2 Å². The first-order valence-electron chi connectivity index (χ1n) is 9.13. The van der Waals surface area contributed by atoms with Crippen molar-refractivity contribution in [1.29, 1.82) is 0 Å². The quantitative estimate of drug-likeness (QED) is 0.726. The summed E-state index contributed by atoms with van der Waals surface area (Å²) in [6, 6.07) is 7.59. The van der Waals surface area contributed by atoms with E-state index in [1.165, 1.54) is 0 Å². The summed E-state index contributed by atoms with van der Waals surface area (Å²) in [7, 11) is 3.79. The first kappa shape index (κ1) is 21.0. The molecule has 0 radical (unpaired) electrons. The van der Waals surface area contributed by atoms with Crippen molar-refractivity contribution in [3.8, 4) is 11.5 Å². The molecule has 2 fully saturated rings. The van der Waals surface area contributed by atoms with E-state index >= 15 is 0 Å². The van der Waals surface area contributed by atoms with E-state index in [4.69, 9.17) is 19.4 Å². The fourth-order valence-corrected chi connectivity index (χ4v) is 3.07. The predicted octanol–water partition coefficient (Wildman–Crippen LogP) is 0.623. The maximum absolute atomic E-state index is 12.2. The summed E-state index contributed by atoms with van der Waals surface area (Å²) >= 11 is 0. The Morgan fingerprint density at radius 3 is 2.48 bits per heavy atom. The molecule has 8 heteroatoms. The largest absolute Gasteiger partial charge is 0.497 e. The summed E-state index contributed by atoms with van der Waals surface area (Å²) in [4.78, 5) is 27.2. The van der Waals surface area contributed by atoms with Gasteiger partial charge in [0.15, 0.2) is 0 Å². The van der Waals surface area contributed by atoms with Crippen LogP contribution >= 0.6 is 0 Å². The third kappa shape index (κ3) is 6.73. The molecule has 1 N–H and O–H groups in total. The Hall–Kier alpha value is -2.32. The lowest BCUT2D eigenvalue weighted by Gasteiger charge is -2.39. The average molecular weight is 379 g/mol. The zero-order chi connectivity index (χ0) is 19.6. The number of carbonyl (C=O) groups is 2. The molecule has 0 aromatic heterocycles. The molecule has 1 amide bonds. The van der Waals surface area contributed by atoms with Gasteiger partial charge in [-0.1, -0.05) is 6.07 Å². The lowest BCUT2D eigenvalue weighted by Crippen LogP contribution is -2.56. The molecule has 1 aromatic carbocycles. The van der Waals surface area contributed by atoms with Crippen LogP contribution in [0.3, 0.4) is 0 Å². The lowest BCUT2D eigenvalue weighted by atomic mass is 10.1. The van der Waals surface area contributed by atoms with Crippen LogP contribution in [0.1, 0.15) is 6.42 Å². The van der Waals surface area contributed by atoms with E-state index in [1.54, 1.807) is 7.11 Å².